The van der Waals surface area contributed by atoms with Crippen LogP contribution in [0.3, 0.4) is 0 Å². The van der Waals surface area contributed by atoms with Gasteiger partial charge in [-0.3, -0.25) is 4.79 Å². The molecule has 2 rings (SSSR count). The number of halogens is 5. The molecule has 0 saturated heterocycles. The fraction of sp³-hybridized carbons (Fsp3) is 0.464. The van der Waals surface area contributed by atoms with Crippen LogP contribution < -0.4 is 10.6 Å². The molecule has 1 aliphatic carbocycles. The highest BCUT2D eigenvalue weighted by Gasteiger charge is 2.58. The molecule has 1 aliphatic rings. The predicted octanol–water partition coefficient (Wildman–Crippen LogP) is 7.64. The number of alkyl halides is 4. The van der Waals surface area contributed by atoms with E-state index in [2.05, 4.69) is 23.8 Å². The van der Waals surface area contributed by atoms with Crippen LogP contribution in [-0.2, 0) is 4.79 Å². The van der Waals surface area contributed by atoms with Gasteiger partial charge >= 0.3 is 0 Å². The van der Waals surface area contributed by atoms with E-state index in [0.29, 0.717) is 28.8 Å². The second-order valence-corrected chi connectivity index (χ2v) is 9.50. The van der Waals surface area contributed by atoms with Crippen molar-refractivity contribution >= 4 is 11.4 Å². The first-order valence-corrected chi connectivity index (χ1v) is 11.9. The number of hydrogen-bond donors (Lipinski definition) is 2. The number of ketones is 1. The lowest BCUT2D eigenvalue weighted by molar-refractivity contribution is -0.124. The van der Waals surface area contributed by atoms with Gasteiger partial charge in [-0.1, -0.05) is 38.1 Å². The third-order valence-corrected chi connectivity index (χ3v) is 6.79. The van der Waals surface area contributed by atoms with Crippen molar-refractivity contribution in [3.8, 4) is 0 Å². The van der Waals surface area contributed by atoms with Gasteiger partial charge in [-0.2, -0.15) is 0 Å². The van der Waals surface area contributed by atoms with Gasteiger partial charge < -0.3 is 10.6 Å². The van der Waals surface area contributed by atoms with Crippen LogP contribution >= 0.6 is 0 Å². The Morgan fingerprint density at radius 2 is 1.72 bits per heavy atom. The van der Waals surface area contributed by atoms with Gasteiger partial charge in [-0.25, -0.2) is 22.0 Å². The van der Waals surface area contributed by atoms with Gasteiger partial charge in [-0.15, -0.1) is 0 Å². The summed E-state index contributed by atoms with van der Waals surface area (Å²) in [5.41, 5.74) is 0.939. The Balaban J connectivity index is 2.49. The molecule has 0 radical (unpaired) electrons. The van der Waals surface area contributed by atoms with Crippen molar-refractivity contribution in [2.75, 3.05) is 7.05 Å². The molecule has 0 heterocycles. The van der Waals surface area contributed by atoms with Gasteiger partial charge in [0.25, 0.3) is 12.3 Å². The third-order valence-electron chi connectivity index (χ3n) is 6.79. The normalized spacial score (nSPS) is 17.5. The fourth-order valence-electron chi connectivity index (χ4n) is 4.59. The van der Waals surface area contributed by atoms with Crippen LogP contribution in [0.2, 0.25) is 0 Å². The molecule has 1 fully saturated rings. The Kier molecular flexibility index (Phi) is 9.32. The highest BCUT2D eigenvalue weighted by Crippen LogP contribution is 2.49. The lowest BCUT2D eigenvalue weighted by Crippen LogP contribution is -2.63. The lowest BCUT2D eigenvalue weighted by atomic mass is 9.71. The fourth-order valence-corrected chi connectivity index (χ4v) is 4.59. The summed E-state index contributed by atoms with van der Waals surface area (Å²) in [6, 6.07) is 3.53. The van der Waals surface area contributed by atoms with Gasteiger partial charge in [-0.05, 0) is 62.5 Å². The molecule has 0 atom stereocenters. The number of allylic oxidation sites excluding steroid dienone is 4. The first kappa shape index (κ1) is 29.3. The Morgan fingerprint density at radius 1 is 1.11 bits per heavy atom. The highest BCUT2D eigenvalue weighted by atomic mass is 19.3. The Bertz CT molecular complexity index is 1090. The summed E-state index contributed by atoms with van der Waals surface area (Å²) in [4.78, 5) is 13.3. The van der Waals surface area contributed by atoms with E-state index in [1.54, 1.807) is 20.9 Å². The minimum Gasteiger partial charge on any atom is -0.390 e. The number of carbonyl (C=O) groups is 1. The molecular weight excluding hydrogens is 475 g/mol. The molecule has 8 heteroatoms. The standard InChI is InChI=1S/C28H35F5N2O/c1-8-9-10-16(2)24(21-11-12-23(29)22(13-21)26(30)31)17(3)18(4)25(36)19(5)35-27(20(6)34-7)14-28(32,33)15-27/h11-13,26,34-35H,5-6,8-10,14-15H2,1-4,7H3/b18-17+,24-16-. The van der Waals surface area contributed by atoms with Crippen LogP contribution in [0, 0.1) is 5.82 Å². The number of unbranched alkanes of at least 4 members (excludes halogenated alkanes) is 1. The molecule has 1 saturated carbocycles. The molecule has 198 valence electrons. The summed E-state index contributed by atoms with van der Waals surface area (Å²) in [5.74, 6) is -4.38. The van der Waals surface area contributed by atoms with Gasteiger partial charge in [0.1, 0.15) is 5.82 Å². The monoisotopic (exact) mass is 510 g/mol. The zero-order chi connectivity index (χ0) is 27.4. The van der Waals surface area contributed by atoms with Gasteiger partial charge in [0.05, 0.1) is 16.8 Å². The molecule has 0 unspecified atom stereocenters. The van der Waals surface area contributed by atoms with Crippen LogP contribution in [0.4, 0.5) is 22.0 Å². The summed E-state index contributed by atoms with van der Waals surface area (Å²) in [5, 5.41) is 5.64. The van der Waals surface area contributed by atoms with Gasteiger partial charge in [0, 0.05) is 31.2 Å². The topological polar surface area (TPSA) is 41.1 Å². The maximum Gasteiger partial charge on any atom is 0.266 e. The van der Waals surface area contributed by atoms with E-state index in [-0.39, 0.29) is 11.3 Å². The van der Waals surface area contributed by atoms with Crippen LogP contribution in [-0.4, -0.2) is 24.3 Å². The van der Waals surface area contributed by atoms with Crippen molar-refractivity contribution in [3.05, 3.63) is 76.4 Å². The van der Waals surface area contributed by atoms with Crippen LogP contribution in [0.25, 0.3) is 5.57 Å². The number of nitrogens with one attached hydrogen (secondary N) is 2. The first-order chi connectivity index (χ1) is 16.7. The summed E-state index contributed by atoms with van der Waals surface area (Å²) in [6.07, 6.45) is -1.64. The molecule has 3 nitrogen and oxygen atoms in total. The molecule has 36 heavy (non-hydrogen) atoms. The molecule has 0 spiro atoms. The van der Waals surface area contributed by atoms with Crippen LogP contribution in [0.5, 0.6) is 0 Å². The van der Waals surface area contributed by atoms with E-state index in [0.717, 1.165) is 30.5 Å². The predicted molar refractivity (Wildman–Crippen MR) is 134 cm³/mol. The number of carbonyl (C=O) groups excluding carboxylic acids is 1. The van der Waals surface area contributed by atoms with Crippen molar-refractivity contribution in [2.24, 2.45) is 0 Å². The van der Waals surface area contributed by atoms with E-state index >= 15 is 0 Å². The molecule has 1 aromatic rings. The average Bonchev–Trinajstić information content (AvgIpc) is 2.80. The second kappa shape index (κ2) is 11.4. The Morgan fingerprint density at radius 3 is 2.22 bits per heavy atom. The number of Topliss-reactive ketones (excluding diaryl/α,β-unsaturated/α-hetero) is 1. The largest absolute Gasteiger partial charge is 0.390 e. The van der Waals surface area contributed by atoms with Crippen molar-refractivity contribution < 1.29 is 26.7 Å². The molecule has 0 amide bonds. The van der Waals surface area contributed by atoms with Gasteiger partial charge in [0.15, 0.2) is 0 Å². The maximum atomic E-state index is 14.0. The van der Waals surface area contributed by atoms with Crippen molar-refractivity contribution in [1.82, 2.24) is 10.6 Å². The van der Waals surface area contributed by atoms with E-state index in [4.69, 9.17) is 0 Å². The molecule has 0 aliphatic heterocycles. The summed E-state index contributed by atoms with van der Waals surface area (Å²) in [7, 11) is 1.56. The first-order valence-electron chi connectivity index (χ1n) is 11.9. The van der Waals surface area contributed by atoms with Crippen molar-refractivity contribution in [3.63, 3.8) is 0 Å². The second-order valence-electron chi connectivity index (χ2n) is 9.50. The molecule has 0 aromatic heterocycles. The number of hydrogen-bond acceptors (Lipinski definition) is 3. The summed E-state index contributed by atoms with van der Waals surface area (Å²) < 4.78 is 68.3. The van der Waals surface area contributed by atoms with E-state index in [1.165, 1.54) is 6.07 Å². The Hall–Kier alpha value is -2.90. The SMILES string of the molecule is C=C(NC1(C(=C)NC)CC(F)(F)C1)C(=O)/C(C)=C(C)/C(=C(\C)CCCC)c1ccc(F)c(C(F)F)c1. The quantitative estimate of drug-likeness (QED) is 0.173. The number of likely N-dealkylation sites (N-methyl/N-ethyl adjacent to an activating group) is 1. The van der Waals surface area contributed by atoms with Crippen LogP contribution in [0.15, 0.2) is 59.5 Å². The molecule has 1 aromatic carbocycles. The van der Waals surface area contributed by atoms with E-state index in [1.807, 2.05) is 13.8 Å². The number of benzene rings is 1. The minimum absolute atomic E-state index is 0.0725. The minimum atomic E-state index is -2.99. The van der Waals surface area contributed by atoms with Crippen molar-refractivity contribution in [2.45, 2.75) is 77.7 Å². The zero-order valence-corrected chi connectivity index (χ0v) is 21.6. The Labute approximate surface area is 210 Å². The molecular formula is C28H35F5N2O. The number of rotatable bonds is 12. The van der Waals surface area contributed by atoms with Gasteiger partial charge in [0.2, 0.25) is 5.78 Å². The summed E-state index contributed by atoms with van der Waals surface area (Å²) in [6.45, 7) is 14.7. The van der Waals surface area contributed by atoms with Crippen molar-refractivity contribution in [1.29, 1.82) is 0 Å². The zero-order valence-electron chi connectivity index (χ0n) is 21.6. The third kappa shape index (κ3) is 6.26. The van der Waals surface area contributed by atoms with E-state index < -0.39 is 47.9 Å². The lowest BCUT2D eigenvalue weighted by Gasteiger charge is -2.49. The molecule has 0 bridgehead atoms. The van der Waals surface area contributed by atoms with E-state index in [9.17, 15) is 26.7 Å². The maximum absolute atomic E-state index is 14.0. The molecule has 2 N–H and O–H groups in total. The smallest absolute Gasteiger partial charge is 0.266 e. The highest BCUT2D eigenvalue weighted by molar-refractivity contribution is 6.09. The average molecular weight is 511 g/mol. The summed E-state index contributed by atoms with van der Waals surface area (Å²) >= 11 is 0. The van der Waals surface area contributed by atoms with Crippen LogP contribution in [0.1, 0.15) is 77.4 Å².